The highest BCUT2D eigenvalue weighted by atomic mass is 15.1. The molecule has 0 aliphatic carbocycles. The van der Waals surface area contributed by atoms with Crippen LogP contribution in [0.4, 0.5) is 0 Å². The van der Waals surface area contributed by atoms with Crippen LogP contribution in [0.25, 0.3) is 0 Å². The summed E-state index contributed by atoms with van der Waals surface area (Å²) in [6, 6.07) is 8.68. The number of hydrogen-bond acceptors (Lipinski definition) is 2. The van der Waals surface area contributed by atoms with Gasteiger partial charge >= 0.3 is 0 Å². The Morgan fingerprint density at radius 1 is 1.19 bits per heavy atom. The van der Waals surface area contributed by atoms with E-state index in [1.807, 2.05) is 0 Å². The first-order valence-electron chi connectivity index (χ1n) is 5.88. The van der Waals surface area contributed by atoms with Gasteiger partial charge in [-0.3, -0.25) is 5.41 Å². The van der Waals surface area contributed by atoms with Gasteiger partial charge in [0.15, 0.2) is 0 Å². The zero-order valence-electron chi connectivity index (χ0n) is 9.58. The molecule has 3 N–H and O–H groups in total. The van der Waals surface area contributed by atoms with Crippen molar-refractivity contribution in [3.63, 3.8) is 0 Å². The molecule has 0 fully saturated rings. The number of nitrogens with zero attached hydrogens (tertiary/aromatic N) is 1. The van der Waals surface area contributed by atoms with Gasteiger partial charge in [-0.05, 0) is 24.0 Å². The lowest BCUT2D eigenvalue weighted by Gasteiger charge is -2.18. The normalized spacial score (nSPS) is 16.5. The van der Waals surface area contributed by atoms with E-state index in [0.29, 0.717) is 12.3 Å². The number of rotatable bonds is 3. The lowest BCUT2D eigenvalue weighted by Crippen LogP contribution is -2.30. The van der Waals surface area contributed by atoms with Crippen molar-refractivity contribution in [1.82, 2.24) is 4.90 Å². The van der Waals surface area contributed by atoms with Crippen LogP contribution in [0.3, 0.4) is 0 Å². The third-order valence-corrected chi connectivity index (χ3v) is 3.21. The van der Waals surface area contributed by atoms with Crippen LogP contribution in [0.5, 0.6) is 0 Å². The molecule has 2 rings (SSSR count). The summed E-state index contributed by atoms with van der Waals surface area (Å²) in [7, 11) is 0. The molecular weight excluding hydrogens is 198 g/mol. The zero-order chi connectivity index (χ0) is 11.4. The average Bonchev–Trinajstić information content (AvgIpc) is 2.49. The molecule has 0 spiro atoms. The molecule has 0 bridgehead atoms. The maximum atomic E-state index is 7.25. The summed E-state index contributed by atoms with van der Waals surface area (Å²) in [5.74, 6) is 0.293. The van der Waals surface area contributed by atoms with Crippen LogP contribution in [0.1, 0.15) is 17.5 Å². The molecule has 0 saturated heterocycles. The minimum absolute atomic E-state index is 0.293. The molecule has 0 amide bonds. The number of hydrogen-bond donors (Lipinski definition) is 2. The molecule has 1 heterocycles. The van der Waals surface area contributed by atoms with Crippen molar-refractivity contribution in [3.05, 3.63) is 35.4 Å². The fourth-order valence-electron chi connectivity index (χ4n) is 2.22. The van der Waals surface area contributed by atoms with Gasteiger partial charge in [-0.15, -0.1) is 0 Å². The highest BCUT2D eigenvalue weighted by molar-refractivity contribution is 5.76. The quantitative estimate of drug-likeness (QED) is 0.594. The summed E-state index contributed by atoms with van der Waals surface area (Å²) >= 11 is 0. The van der Waals surface area contributed by atoms with Crippen LogP contribution < -0.4 is 5.73 Å². The highest BCUT2D eigenvalue weighted by Crippen LogP contribution is 2.15. The number of fused-ring (bicyclic) bond motifs is 1. The molecule has 0 radical (unpaired) electrons. The smallest absolute Gasteiger partial charge is 0.0918 e. The van der Waals surface area contributed by atoms with Crippen molar-refractivity contribution in [2.75, 3.05) is 19.6 Å². The standard InChI is InChI=1S/C13H19N3/c14-13(15)7-10-16-8-5-11-3-1-2-4-12(11)6-9-16/h1-4H,5-10H2,(H3,14,15). The Morgan fingerprint density at radius 2 is 1.75 bits per heavy atom. The Hall–Kier alpha value is -1.35. The van der Waals surface area contributed by atoms with Gasteiger partial charge in [0.25, 0.3) is 0 Å². The zero-order valence-corrected chi connectivity index (χ0v) is 9.58. The Balaban J connectivity index is 1.94. The predicted molar refractivity (Wildman–Crippen MR) is 66.8 cm³/mol. The van der Waals surface area contributed by atoms with E-state index >= 15 is 0 Å². The van der Waals surface area contributed by atoms with Gasteiger partial charge in [-0.2, -0.15) is 0 Å². The van der Waals surface area contributed by atoms with Crippen LogP contribution in [0, 0.1) is 5.41 Å². The minimum Gasteiger partial charge on any atom is -0.388 e. The number of nitrogens with two attached hydrogens (primary N) is 1. The Labute approximate surface area is 96.8 Å². The first kappa shape index (κ1) is 11.1. The molecule has 1 aliphatic rings. The van der Waals surface area contributed by atoms with Crippen molar-refractivity contribution in [2.45, 2.75) is 19.3 Å². The van der Waals surface area contributed by atoms with E-state index in [9.17, 15) is 0 Å². The molecule has 0 aromatic heterocycles. The minimum atomic E-state index is 0.293. The molecule has 3 heteroatoms. The average molecular weight is 217 g/mol. The summed E-state index contributed by atoms with van der Waals surface area (Å²) in [5.41, 5.74) is 8.35. The second-order valence-corrected chi connectivity index (χ2v) is 4.39. The lowest BCUT2D eigenvalue weighted by molar-refractivity contribution is 0.295. The molecule has 1 aromatic carbocycles. The van der Waals surface area contributed by atoms with E-state index in [0.717, 1.165) is 32.5 Å². The van der Waals surface area contributed by atoms with E-state index in [1.165, 1.54) is 11.1 Å². The molecule has 86 valence electrons. The van der Waals surface area contributed by atoms with E-state index in [-0.39, 0.29) is 0 Å². The Kier molecular flexibility index (Phi) is 3.57. The summed E-state index contributed by atoms with van der Waals surface area (Å²) in [6.45, 7) is 3.10. The molecule has 3 nitrogen and oxygen atoms in total. The van der Waals surface area contributed by atoms with E-state index in [4.69, 9.17) is 11.1 Å². The Morgan fingerprint density at radius 3 is 2.25 bits per heavy atom. The van der Waals surface area contributed by atoms with Crippen molar-refractivity contribution < 1.29 is 0 Å². The first-order chi connectivity index (χ1) is 7.75. The molecule has 16 heavy (non-hydrogen) atoms. The Bertz CT molecular complexity index is 346. The second kappa shape index (κ2) is 5.12. The van der Waals surface area contributed by atoms with E-state index in [2.05, 4.69) is 29.2 Å². The van der Waals surface area contributed by atoms with Crippen LogP contribution in [0.15, 0.2) is 24.3 Å². The van der Waals surface area contributed by atoms with E-state index < -0.39 is 0 Å². The second-order valence-electron chi connectivity index (χ2n) is 4.39. The van der Waals surface area contributed by atoms with E-state index in [1.54, 1.807) is 0 Å². The van der Waals surface area contributed by atoms with Crippen LogP contribution in [-0.2, 0) is 12.8 Å². The highest BCUT2D eigenvalue weighted by Gasteiger charge is 2.12. The largest absolute Gasteiger partial charge is 0.388 e. The van der Waals surface area contributed by atoms with Crippen molar-refractivity contribution in [2.24, 2.45) is 5.73 Å². The monoisotopic (exact) mass is 217 g/mol. The van der Waals surface area contributed by atoms with Gasteiger partial charge in [0, 0.05) is 26.1 Å². The molecular formula is C13H19N3. The third kappa shape index (κ3) is 2.83. The number of benzene rings is 1. The van der Waals surface area contributed by atoms with Crippen LogP contribution in [-0.4, -0.2) is 30.4 Å². The predicted octanol–water partition coefficient (Wildman–Crippen LogP) is 1.41. The summed E-state index contributed by atoms with van der Waals surface area (Å²) in [4.78, 5) is 2.40. The fourth-order valence-corrected chi connectivity index (χ4v) is 2.22. The van der Waals surface area contributed by atoms with Gasteiger partial charge in [0.2, 0.25) is 0 Å². The van der Waals surface area contributed by atoms with Gasteiger partial charge in [-0.25, -0.2) is 0 Å². The SMILES string of the molecule is N=C(N)CCN1CCc2ccccc2CC1. The topological polar surface area (TPSA) is 53.1 Å². The summed E-state index contributed by atoms with van der Waals surface area (Å²) in [5, 5.41) is 7.25. The molecule has 0 atom stereocenters. The fraction of sp³-hybridized carbons (Fsp3) is 0.462. The molecule has 0 unspecified atom stereocenters. The molecule has 1 aliphatic heterocycles. The van der Waals surface area contributed by atoms with Crippen molar-refractivity contribution in [3.8, 4) is 0 Å². The molecule has 1 aromatic rings. The van der Waals surface area contributed by atoms with Crippen molar-refractivity contribution >= 4 is 5.84 Å². The van der Waals surface area contributed by atoms with Gasteiger partial charge < -0.3 is 10.6 Å². The van der Waals surface area contributed by atoms with Crippen LogP contribution >= 0.6 is 0 Å². The van der Waals surface area contributed by atoms with Gasteiger partial charge in [0.1, 0.15) is 0 Å². The molecule has 0 saturated carbocycles. The number of amidine groups is 1. The summed E-state index contributed by atoms with van der Waals surface area (Å²) in [6.07, 6.45) is 2.93. The number of nitrogens with one attached hydrogen (secondary N) is 1. The van der Waals surface area contributed by atoms with Crippen molar-refractivity contribution in [1.29, 1.82) is 5.41 Å². The van der Waals surface area contributed by atoms with Gasteiger partial charge in [-0.1, -0.05) is 24.3 Å². The van der Waals surface area contributed by atoms with Gasteiger partial charge in [0.05, 0.1) is 5.84 Å². The first-order valence-corrected chi connectivity index (χ1v) is 5.88. The maximum absolute atomic E-state index is 7.25. The summed E-state index contributed by atoms with van der Waals surface area (Å²) < 4.78 is 0. The third-order valence-electron chi connectivity index (χ3n) is 3.21. The lowest BCUT2D eigenvalue weighted by atomic mass is 10.0. The maximum Gasteiger partial charge on any atom is 0.0918 e. The van der Waals surface area contributed by atoms with Crippen LogP contribution in [0.2, 0.25) is 0 Å².